The smallest absolute Gasteiger partial charge is 0.396 e. The third-order valence-corrected chi connectivity index (χ3v) is 2.62. The predicted octanol–water partition coefficient (Wildman–Crippen LogP) is 4.23. The number of halogens is 5. The Labute approximate surface area is 105 Å². The average Bonchev–Trinajstić information content (AvgIpc) is 2.34. The van der Waals surface area contributed by atoms with E-state index in [0.29, 0.717) is 0 Å². The van der Waals surface area contributed by atoms with Crippen LogP contribution in [0.3, 0.4) is 0 Å². The van der Waals surface area contributed by atoms with Gasteiger partial charge in [0, 0.05) is 0 Å². The third kappa shape index (κ3) is 2.38. The van der Waals surface area contributed by atoms with Gasteiger partial charge in [-0.15, -0.1) is 0 Å². The zero-order chi connectivity index (χ0) is 14.2. The van der Waals surface area contributed by atoms with Crippen LogP contribution in [-0.4, -0.2) is 0 Å². The fraction of sp³-hybridized carbons (Fsp3) is 0.0769. The van der Waals surface area contributed by atoms with E-state index >= 15 is 0 Å². The van der Waals surface area contributed by atoms with Gasteiger partial charge in [0.2, 0.25) is 0 Å². The summed E-state index contributed by atoms with van der Waals surface area (Å²) in [5.41, 5.74) is 2.40. The fourth-order valence-electron chi connectivity index (χ4n) is 1.76. The number of nitrogen functional groups attached to an aromatic ring is 1. The molecule has 100 valence electrons. The van der Waals surface area contributed by atoms with Gasteiger partial charge in [0.05, 0.1) is 16.8 Å². The number of alkyl halides is 3. The standard InChI is InChI=1S/C13H8F5N/c14-9-5-6-10(19)12(15)11(9)7-3-1-2-4-8(7)13(16,17)18/h1-6H,19H2. The van der Waals surface area contributed by atoms with Gasteiger partial charge in [0.15, 0.2) is 5.82 Å². The van der Waals surface area contributed by atoms with Crippen LogP contribution in [0.4, 0.5) is 27.6 Å². The van der Waals surface area contributed by atoms with Crippen molar-refractivity contribution in [2.75, 3.05) is 5.73 Å². The van der Waals surface area contributed by atoms with Gasteiger partial charge in [-0.25, -0.2) is 8.78 Å². The Morgan fingerprint density at radius 2 is 1.53 bits per heavy atom. The molecule has 2 N–H and O–H groups in total. The maximum Gasteiger partial charge on any atom is 0.417 e. The largest absolute Gasteiger partial charge is 0.417 e. The summed E-state index contributed by atoms with van der Waals surface area (Å²) in [6, 6.07) is 5.98. The zero-order valence-electron chi connectivity index (χ0n) is 9.43. The molecule has 0 aliphatic carbocycles. The van der Waals surface area contributed by atoms with E-state index in [1.165, 1.54) is 6.07 Å². The van der Waals surface area contributed by atoms with E-state index in [1.807, 2.05) is 0 Å². The second kappa shape index (κ2) is 4.53. The van der Waals surface area contributed by atoms with Crippen LogP contribution in [0.15, 0.2) is 36.4 Å². The lowest BCUT2D eigenvalue weighted by molar-refractivity contribution is -0.137. The number of hydrogen-bond acceptors (Lipinski definition) is 1. The first-order chi connectivity index (χ1) is 8.82. The van der Waals surface area contributed by atoms with Crippen LogP contribution < -0.4 is 5.73 Å². The zero-order valence-corrected chi connectivity index (χ0v) is 9.43. The topological polar surface area (TPSA) is 26.0 Å². The predicted molar refractivity (Wildman–Crippen MR) is 61.2 cm³/mol. The van der Waals surface area contributed by atoms with Crippen LogP contribution in [0.2, 0.25) is 0 Å². The molecule has 0 amide bonds. The average molecular weight is 273 g/mol. The van der Waals surface area contributed by atoms with E-state index in [1.54, 1.807) is 0 Å². The molecule has 2 aromatic rings. The SMILES string of the molecule is Nc1ccc(F)c(-c2ccccc2C(F)(F)F)c1F. The number of nitrogens with two attached hydrogens (primary N) is 1. The summed E-state index contributed by atoms with van der Waals surface area (Å²) >= 11 is 0. The van der Waals surface area contributed by atoms with E-state index in [0.717, 1.165) is 30.3 Å². The summed E-state index contributed by atoms with van der Waals surface area (Å²) in [6.07, 6.45) is -4.71. The van der Waals surface area contributed by atoms with Crippen molar-refractivity contribution >= 4 is 5.69 Å². The van der Waals surface area contributed by atoms with Crippen LogP contribution in [0.1, 0.15) is 5.56 Å². The van der Waals surface area contributed by atoms with Crippen molar-refractivity contribution in [2.45, 2.75) is 6.18 Å². The molecule has 0 aliphatic heterocycles. The summed E-state index contributed by atoms with van der Waals surface area (Å²) in [5, 5.41) is 0. The van der Waals surface area contributed by atoms with Crippen molar-refractivity contribution in [3.05, 3.63) is 53.6 Å². The summed E-state index contributed by atoms with van der Waals surface area (Å²) < 4.78 is 65.9. The summed E-state index contributed by atoms with van der Waals surface area (Å²) in [6.45, 7) is 0. The first-order valence-electron chi connectivity index (χ1n) is 5.22. The Morgan fingerprint density at radius 1 is 0.895 bits per heavy atom. The summed E-state index contributed by atoms with van der Waals surface area (Å²) in [5.74, 6) is -2.29. The molecule has 0 unspecified atom stereocenters. The van der Waals surface area contributed by atoms with Crippen molar-refractivity contribution in [3.63, 3.8) is 0 Å². The minimum absolute atomic E-state index is 0.409. The lowest BCUT2D eigenvalue weighted by Crippen LogP contribution is -2.08. The fourth-order valence-corrected chi connectivity index (χ4v) is 1.76. The quantitative estimate of drug-likeness (QED) is 0.610. The molecule has 0 heterocycles. The Balaban J connectivity index is 2.77. The minimum Gasteiger partial charge on any atom is -0.396 e. The number of benzene rings is 2. The molecule has 0 aromatic heterocycles. The number of rotatable bonds is 1. The first-order valence-corrected chi connectivity index (χ1v) is 5.22. The Hall–Kier alpha value is -2.11. The van der Waals surface area contributed by atoms with Gasteiger partial charge >= 0.3 is 6.18 Å². The maximum absolute atomic E-state index is 13.8. The van der Waals surface area contributed by atoms with Crippen LogP contribution in [0, 0.1) is 11.6 Å². The molecule has 19 heavy (non-hydrogen) atoms. The van der Waals surface area contributed by atoms with E-state index in [-0.39, 0.29) is 0 Å². The molecule has 0 saturated carbocycles. The molecule has 2 rings (SSSR count). The molecule has 0 spiro atoms. The molecule has 1 nitrogen and oxygen atoms in total. The monoisotopic (exact) mass is 273 g/mol. The van der Waals surface area contributed by atoms with Crippen molar-refractivity contribution in [1.82, 2.24) is 0 Å². The molecule has 0 fully saturated rings. The molecule has 2 aromatic carbocycles. The third-order valence-electron chi connectivity index (χ3n) is 2.62. The molecule has 0 bridgehead atoms. The van der Waals surface area contributed by atoms with Gasteiger partial charge in [0.1, 0.15) is 5.82 Å². The molecular formula is C13H8F5N. The van der Waals surface area contributed by atoms with E-state index in [2.05, 4.69) is 0 Å². The van der Waals surface area contributed by atoms with E-state index in [9.17, 15) is 22.0 Å². The van der Waals surface area contributed by atoms with Gasteiger partial charge in [-0.1, -0.05) is 18.2 Å². The van der Waals surface area contributed by atoms with Gasteiger partial charge in [-0.05, 0) is 23.8 Å². The highest BCUT2D eigenvalue weighted by atomic mass is 19.4. The van der Waals surface area contributed by atoms with Gasteiger partial charge in [0.25, 0.3) is 0 Å². The van der Waals surface area contributed by atoms with Gasteiger partial charge < -0.3 is 5.73 Å². The molecular weight excluding hydrogens is 265 g/mol. The van der Waals surface area contributed by atoms with Crippen molar-refractivity contribution < 1.29 is 22.0 Å². The highest BCUT2D eigenvalue weighted by molar-refractivity contribution is 5.72. The van der Waals surface area contributed by atoms with Gasteiger partial charge in [-0.3, -0.25) is 0 Å². The normalized spacial score (nSPS) is 11.6. The molecule has 0 aliphatic rings. The second-order valence-electron chi connectivity index (χ2n) is 3.87. The number of anilines is 1. The molecule has 0 atom stereocenters. The van der Waals surface area contributed by atoms with Crippen molar-refractivity contribution in [1.29, 1.82) is 0 Å². The van der Waals surface area contributed by atoms with Crippen LogP contribution in [0.5, 0.6) is 0 Å². The highest BCUT2D eigenvalue weighted by Gasteiger charge is 2.34. The lowest BCUT2D eigenvalue weighted by atomic mass is 9.98. The Bertz CT molecular complexity index is 619. The van der Waals surface area contributed by atoms with Crippen LogP contribution >= 0.6 is 0 Å². The van der Waals surface area contributed by atoms with Crippen LogP contribution in [-0.2, 0) is 6.18 Å². The van der Waals surface area contributed by atoms with Gasteiger partial charge in [-0.2, -0.15) is 13.2 Å². The van der Waals surface area contributed by atoms with Crippen molar-refractivity contribution in [2.24, 2.45) is 0 Å². The Kier molecular flexibility index (Phi) is 3.18. The molecule has 0 saturated heterocycles. The second-order valence-corrected chi connectivity index (χ2v) is 3.87. The Morgan fingerprint density at radius 3 is 2.16 bits per heavy atom. The number of hydrogen-bond donors (Lipinski definition) is 1. The first kappa shape index (κ1) is 13.3. The summed E-state index contributed by atoms with van der Waals surface area (Å²) in [4.78, 5) is 0. The van der Waals surface area contributed by atoms with E-state index < -0.39 is 40.2 Å². The lowest BCUT2D eigenvalue weighted by Gasteiger charge is -2.14. The summed E-state index contributed by atoms with van der Waals surface area (Å²) in [7, 11) is 0. The van der Waals surface area contributed by atoms with Crippen molar-refractivity contribution in [3.8, 4) is 11.1 Å². The highest BCUT2D eigenvalue weighted by Crippen LogP contribution is 2.39. The molecule has 6 heteroatoms. The van der Waals surface area contributed by atoms with Crippen LogP contribution in [0.25, 0.3) is 11.1 Å². The maximum atomic E-state index is 13.8. The van der Waals surface area contributed by atoms with E-state index in [4.69, 9.17) is 5.73 Å². The molecule has 0 radical (unpaired) electrons. The minimum atomic E-state index is -4.71.